The second-order valence-electron chi connectivity index (χ2n) is 11.1. The number of anilines is 1. The number of fused-ring (bicyclic) bond motifs is 3. The molecule has 2 atom stereocenters. The van der Waals surface area contributed by atoms with Gasteiger partial charge in [0.25, 0.3) is 0 Å². The molecular formula is C29H27F3N4O3S. The van der Waals surface area contributed by atoms with Crippen LogP contribution in [0.1, 0.15) is 70.8 Å². The Kier molecular flexibility index (Phi) is 5.94. The Hall–Kier alpha value is -3.44. The minimum atomic E-state index is -4.48. The van der Waals surface area contributed by atoms with E-state index in [1.807, 2.05) is 6.92 Å². The van der Waals surface area contributed by atoms with Gasteiger partial charge in [0, 0.05) is 41.7 Å². The number of aromatic carboxylic acids is 1. The van der Waals surface area contributed by atoms with Crippen LogP contribution < -0.4 is 10.2 Å². The fraction of sp³-hybridized carbons (Fsp3) is 0.414. The quantitative estimate of drug-likeness (QED) is 0.255. The molecule has 7 nitrogen and oxygen atoms in total. The van der Waals surface area contributed by atoms with Gasteiger partial charge in [0.2, 0.25) is 0 Å². The fourth-order valence-electron chi connectivity index (χ4n) is 6.33. The predicted octanol–water partition coefficient (Wildman–Crippen LogP) is 6.75. The van der Waals surface area contributed by atoms with Crippen molar-refractivity contribution in [2.75, 3.05) is 4.90 Å². The zero-order valence-corrected chi connectivity index (χ0v) is 22.5. The van der Waals surface area contributed by atoms with Crippen LogP contribution in [0.4, 0.5) is 18.3 Å². The summed E-state index contributed by atoms with van der Waals surface area (Å²) in [6.07, 6.45) is 0.288. The number of carbonyl (C=O) groups is 1. The van der Waals surface area contributed by atoms with Gasteiger partial charge >= 0.3 is 12.1 Å². The zero-order valence-electron chi connectivity index (χ0n) is 21.7. The standard InChI is InChI=1S/C29H27F3N4O3S/c1-14-8-16(27(37)38)9-23-24(14)34-28(40-23)36-18-10-17(11-19(36)12-18)33-13-21-25(35-39-26(21)15-6-7-15)20-4-2-3-5-22(20)29(30,31)32/h2-5,8-9,15,17-19,33H,6-7,10-13H2,1H3,(H,37,38). The number of hydrogen-bond acceptors (Lipinski definition) is 7. The summed E-state index contributed by atoms with van der Waals surface area (Å²) in [4.78, 5) is 18.7. The Morgan fingerprint density at radius 2 is 1.93 bits per heavy atom. The molecule has 2 N–H and O–H groups in total. The van der Waals surface area contributed by atoms with Crippen molar-refractivity contribution in [3.8, 4) is 11.3 Å². The molecule has 2 unspecified atom stereocenters. The third-order valence-electron chi connectivity index (χ3n) is 8.41. The molecule has 4 aliphatic rings. The van der Waals surface area contributed by atoms with E-state index in [0.29, 0.717) is 24.4 Å². The molecule has 2 aliphatic heterocycles. The third kappa shape index (κ3) is 4.35. The van der Waals surface area contributed by atoms with Gasteiger partial charge < -0.3 is 19.8 Å². The molecule has 8 rings (SSSR count). The molecule has 11 heteroatoms. The van der Waals surface area contributed by atoms with Crippen LogP contribution in [0, 0.1) is 6.92 Å². The highest BCUT2D eigenvalue weighted by Gasteiger charge is 2.47. The van der Waals surface area contributed by atoms with Crippen LogP contribution in [0.15, 0.2) is 40.9 Å². The number of benzene rings is 2. The summed E-state index contributed by atoms with van der Waals surface area (Å²) in [5.41, 5.74) is 2.31. The number of nitrogens with zero attached hydrogens (tertiary/aromatic N) is 3. The third-order valence-corrected chi connectivity index (χ3v) is 9.42. The van der Waals surface area contributed by atoms with Crippen molar-refractivity contribution in [3.05, 3.63) is 64.4 Å². The first-order valence-electron chi connectivity index (χ1n) is 13.5. The van der Waals surface area contributed by atoms with E-state index < -0.39 is 17.7 Å². The van der Waals surface area contributed by atoms with Crippen LogP contribution in [0.5, 0.6) is 0 Å². The first-order valence-corrected chi connectivity index (χ1v) is 14.3. The number of piperidine rings is 1. The lowest BCUT2D eigenvalue weighted by Gasteiger charge is -2.55. The maximum atomic E-state index is 13.8. The Balaban J connectivity index is 1.09. The molecular weight excluding hydrogens is 541 g/mol. The van der Waals surface area contributed by atoms with Gasteiger partial charge in [-0.05, 0) is 62.8 Å². The highest BCUT2D eigenvalue weighted by atomic mass is 32.1. The minimum absolute atomic E-state index is 0.0531. The van der Waals surface area contributed by atoms with E-state index in [0.717, 1.165) is 64.6 Å². The van der Waals surface area contributed by atoms with Crippen molar-refractivity contribution in [1.82, 2.24) is 15.5 Å². The molecule has 40 heavy (non-hydrogen) atoms. The summed E-state index contributed by atoms with van der Waals surface area (Å²) in [6.45, 7) is 2.29. The zero-order chi connectivity index (χ0) is 27.8. The summed E-state index contributed by atoms with van der Waals surface area (Å²) in [7, 11) is 0. The number of carboxylic acids is 1. The van der Waals surface area contributed by atoms with Crippen LogP contribution in [0.3, 0.4) is 0 Å². The first kappa shape index (κ1) is 25.5. The topological polar surface area (TPSA) is 91.5 Å². The second-order valence-corrected chi connectivity index (χ2v) is 12.1. The number of hydrogen-bond donors (Lipinski definition) is 2. The summed E-state index contributed by atoms with van der Waals surface area (Å²) in [5, 5.41) is 18.1. The molecule has 2 saturated heterocycles. The number of aryl methyl sites for hydroxylation is 1. The molecule has 2 aromatic carbocycles. The lowest BCUT2D eigenvalue weighted by Crippen LogP contribution is -2.64. The van der Waals surface area contributed by atoms with Crippen LogP contribution in [-0.2, 0) is 12.7 Å². The lowest BCUT2D eigenvalue weighted by atomic mass is 9.77. The summed E-state index contributed by atoms with van der Waals surface area (Å²) < 4.78 is 47.9. The predicted molar refractivity (Wildman–Crippen MR) is 145 cm³/mol. The first-order chi connectivity index (χ1) is 19.2. The van der Waals surface area contributed by atoms with E-state index in [2.05, 4.69) is 15.4 Å². The van der Waals surface area contributed by atoms with Crippen molar-refractivity contribution in [1.29, 1.82) is 0 Å². The van der Waals surface area contributed by atoms with Crippen LogP contribution >= 0.6 is 11.3 Å². The Labute approximate surface area is 232 Å². The Morgan fingerprint density at radius 1 is 1.18 bits per heavy atom. The van der Waals surface area contributed by atoms with Crippen LogP contribution in [-0.4, -0.2) is 39.3 Å². The molecule has 0 amide bonds. The van der Waals surface area contributed by atoms with Crippen molar-refractivity contribution < 1.29 is 27.6 Å². The van der Waals surface area contributed by atoms with E-state index >= 15 is 0 Å². The number of rotatable bonds is 7. The minimum Gasteiger partial charge on any atom is -0.478 e. The highest BCUT2D eigenvalue weighted by molar-refractivity contribution is 7.22. The number of thiazole rings is 1. The second kappa shape index (κ2) is 9.31. The molecule has 4 aromatic rings. The van der Waals surface area contributed by atoms with E-state index in [1.165, 1.54) is 23.5 Å². The number of aromatic nitrogens is 2. The molecule has 4 fully saturated rings. The summed E-state index contributed by atoms with van der Waals surface area (Å²) in [5.74, 6) is -0.0273. The molecule has 2 saturated carbocycles. The van der Waals surface area contributed by atoms with Gasteiger partial charge in [0.15, 0.2) is 5.13 Å². The van der Waals surface area contributed by atoms with E-state index in [-0.39, 0.29) is 28.8 Å². The molecule has 208 valence electrons. The van der Waals surface area contributed by atoms with Crippen molar-refractivity contribution >= 4 is 32.7 Å². The van der Waals surface area contributed by atoms with Crippen LogP contribution in [0.2, 0.25) is 0 Å². The van der Waals surface area contributed by atoms with Crippen LogP contribution in [0.25, 0.3) is 21.5 Å². The number of nitrogens with one attached hydrogen (secondary N) is 1. The van der Waals surface area contributed by atoms with Crippen molar-refractivity contribution in [2.45, 2.75) is 75.8 Å². The van der Waals surface area contributed by atoms with Gasteiger partial charge in [-0.15, -0.1) is 0 Å². The van der Waals surface area contributed by atoms with Gasteiger partial charge in [0.05, 0.1) is 21.3 Å². The number of carboxylic acid groups (broad SMARTS) is 1. The van der Waals surface area contributed by atoms with E-state index in [9.17, 15) is 23.1 Å². The lowest BCUT2D eigenvalue weighted by molar-refractivity contribution is -0.137. The highest BCUT2D eigenvalue weighted by Crippen LogP contribution is 2.47. The van der Waals surface area contributed by atoms with Gasteiger partial charge in [-0.25, -0.2) is 9.78 Å². The summed E-state index contributed by atoms with van der Waals surface area (Å²) >= 11 is 1.53. The maximum Gasteiger partial charge on any atom is 0.417 e. The molecule has 2 bridgehead atoms. The van der Waals surface area contributed by atoms with Crippen molar-refractivity contribution in [2.24, 2.45) is 0 Å². The average Bonchev–Trinajstić information content (AvgIpc) is 3.53. The number of alkyl halides is 3. The molecule has 2 aliphatic carbocycles. The van der Waals surface area contributed by atoms with Gasteiger partial charge in [-0.3, -0.25) is 0 Å². The summed E-state index contributed by atoms with van der Waals surface area (Å²) in [6, 6.07) is 9.73. The average molecular weight is 569 g/mol. The molecule has 4 heterocycles. The van der Waals surface area contributed by atoms with Gasteiger partial charge in [0.1, 0.15) is 11.5 Å². The molecule has 2 aromatic heterocycles. The van der Waals surface area contributed by atoms with Crippen molar-refractivity contribution in [3.63, 3.8) is 0 Å². The Bertz CT molecular complexity index is 1610. The number of halogens is 3. The SMILES string of the molecule is Cc1cc(C(=O)O)cc2sc(N3C4CC(NCc5c(-c6ccccc6C(F)(F)F)noc5C5CC5)CC3C4)nc12. The largest absolute Gasteiger partial charge is 0.478 e. The monoisotopic (exact) mass is 568 g/mol. The Morgan fingerprint density at radius 3 is 2.62 bits per heavy atom. The van der Waals surface area contributed by atoms with E-state index in [1.54, 1.807) is 18.2 Å². The normalized spacial score (nSPS) is 22.5. The maximum absolute atomic E-state index is 13.8. The molecule has 0 radical (unpaired) electrons. The van der Waals surface area contributed by atoms with E-state index in [4.69, 9.17) is 9.51 Å². The van der Waals surface area contributed by atoms with Gasteiger partial charge in [-0.1, -0.05) is 34.7 Å². The smallest absolute Gasteiger partial charge is 0.417 e. The van der Waals surface area contributed by atoms with Gasteiger partial charge in [-0.2, -0.15) is 13.2 Å². The fourth-order valence-corrected chi connectivity index (χ4v) is 7.55. The molecule has 0 spiro atoms.